The van der Waals surface area contributed by atoms with E-state index in [4.69, 9.17) is 5.73 Å². The molecule has 0 aliphatic heterocycles. The molecule has 0 radical (unpaired) electrons. The number of thioether (sulfide) groups is 1. The summed E-state index contributed by atoms with van der Waals surface area (Å²) in [5, 5.41) is 3.11. The minimum atomic E-state index is -3.17. The van der Waals surface area contributed by atoms with Crippen LogP contribution in [0.15, 0.2) is 34.1 Å². The summed E-state index contributed by atoms with van der Waals surface area (Å²) in [4.78, 5) is 12.7. The second kappa shape index (κ2) is 6.81. The zero-order chi connectivity index (χ0) is 16.3. The van der Waals surface area contributed by atoms with Crippen molar-refractivity contribution >= 4 is 27.5 Å². The van der Waals surface area contributed by atoms with Crippen LogP contribution in [0.3, 0.4) is 0 Å². The van der Waals surface area contributed by atoms with Crippen LogP contribution in [0, 0.1) is 0 Å². The third kappa shape index (κ3) is 5.01. The number of nitrogens with one attached hydrogen (secondary N) is 1. The highest BCUT2D eigenvalue weighted by Crippen LogP contribution is 2.29. The first-order valence-electron chi connectivity index (χ1n) is 6.54. The van der Waals surface area contributed by atoms with E-state index in [9.17, 15) is 13.2 Å². The van der Waals surface area contributed by atoms with E-state index in [0.717, 1.165) is 4.90 Å². The van der Waals surface area contributed by atoms with Gasteiger partial charge in [-0.2, -0.15) is 0 Å². The normalized spacial score (nSPS) is 16.2. The molecule has 118 valence electrons. The van der Waals surface area contributed by atoms with Crippen molar-refractivity contribution in [1.29, 1.82) is 0 Å². The molecule has 2 atom stereocenters. The molecule has 3 N–H and O–H groups in total. The molecule has 21 heavy (non-hydrogen) atoms. The van der Waals surface area contributed by atoms with Crippen molar-refractivity contribution in [3.8, 4) is 0 Å². The molecule has 0 spiro atoms. The van der Waals surface area contributed by atoms with Gasteiger partial charge in [-0.3, -0.25) is 4.79 Å². The maximum Gasteiger partial charge on any atom is 0.237 e. The van der Waals surface area contributed by atoms with Gasteiger partial charge in [0.1, 0.15) is 0 Å². The fourth-order valence-electron chi connectivity index (χ4n) is 1.94. The summed E-state index contributed by atoms with van der Waals surface area (Å²) in [5.41, 5.74) is 4.66. The first-order chi connectivity index (χ1) is 9.58. The number of carbonyl (C=O) groups excluding carboxylic acids is 1. The molecule has 1 aromatic rings. The van der Waals surface area contributed by atoms with E-state index in [1.54, 1.807) is 50.0 Å². The number of hydrogen-bond acceptors (Lipinski definition) is 5. The Balaban J connectivity index is 2.76. The van der Waals surface area contributed by atoms with Gasteiger partial charge in [0.15, 0.2) is 9.84 Å². The minimum Gasteiger partial charge on any atom is -0.368 e. The van der Waals surface area contributed by atoms with Crippen molar-refractivity contribution < 1.29 is 13.2 Å². The molecule has 0 heterocycles. The van der Waals surface area contributed by atoms with E-state index in [-0.39, 0.29) is 11.2 Å². The zero-order valence-corrected chi connectivity index (χ0v) is 14.3. The molecular weight excluding hydrogens is 308 g/mol. The van der Waals surface area contributed by atoms with Gasteiger partial charge in [0.05, 0.1) is 10.4 Å². The Morgan fingerprint density at radius 2 is 1.90 bits per heavy atom. The fourth-order valence-corrected chi connectivity index (χ4v) is 3.75. The van der Waals surface area contributed by atoms with Crippen molar-refractivity contribution in [3.63, 3.8) is 0 Å². The van der Waals surface area contributed by atoms with Crippen molar-refractivity contribution in [2.45, 2.75) is 40.8 Å². The standard InChI is InChI=1S/C14H22N2O3S2/c1-10(9-14(2,16-3)13(15)17)20-11-5-7-12(8-6-11)21(4,18)19/h5-8,10,16H,9H2,1-4H3,(H2,15,17). The SMILES string of the molecule is CNC(C)(CC(C)Sc1ccc(S(C)(=O)=O)cc1)C(N)=O. The molecule has 2 unspecified atom stereocenters. The van der Waals surface area contributed by atoms with E-state index in [0.29, 0.717) is 11.3 Å². The third-order valence-electron chi connectivity index (χ3n) is 3.38. The molecule has 0 aliphatic carbocycles. The molecule has 0 aliphatic rings. The van der Waals surface area contributed by atoms with Crippen LogP contribution in [-0.4, -0.2) is 38.4 Å². The summed E-state index contributed by atoms with van der Waals surface area (Å²) < 4.78 is 22.8. The van der Waals surface area contributed by atoms with Gasteiger partial charge in [-0.25, -0.2) is 8.42 Å². The van der Waals surface area contributed by atoms with Crippen LogP contribution in [0.2, 0.25) is 0 Å². The highest BCUT2D eigenvalue weighted by molar-refractivity contribution is 8.00. The summed E-state index contributed by atoms with van der Waals surface area (Å²) in [6, 6.07) is 6.74. The molecule has 0 bridgehead atoms. The predicted molar refractivity (Wildman–Crippen MR) is 86.1 cm³/mol. The predicted octanol–water partition coefficient (Wildman–Crippen LogP) is 1.42. The number of benzene rings is 1. The second-order valence-electron chi connectivity index (χ2n) is 5.32. The molecule has 1 rings (SSSR count). The van der Waals surface area contributed by atoms with Crippen LogP contribution in [0.1, 0.15) is 20.3 Å². The summed E-state index contributed by atoms with van der Waals surface area (Å²) in [7, 11) is -1.46. The molecule has 0 saturated carbocycles. The Hall–Kier alpha value is -1.05. The molecule has 5 nitrogen and oxygen atoms in total. The lowest BCUT2D eigenvalue weighted by atomic mass is 9.95. The van der Waals surface area contributed by atoms with Gasteiger partial charge >= 0.3 is 0 Å². The fraction of sp³-hybridized carbons (Fsp3) is 0.500. The van der Waals surface area contributed by atoms with Crippen molar-refractivity contribution in [2.24, 2.45) is 5.73 Å². The van der Waals surface area contributed by atoms with Crippen LogP contribution in [0.25, 0.3) is 0 Å². The number of likely N-dealkylation sites (N-methyl/N-ethyl adjacent to an activating group) is 1. The first kappa shape index (κ1) is 18.0. The largest absolute Gasteiger partial charge is 0.368 e. The van der Waals surface area contributed by atoms with Gasteiger partial charge < -0.3 is 11.1 Å². The Morgan fingerprint density at radius 3 is 2.29 bits per heavy atom. The minimum absolute atomic E-state index is 0.152. The number of primary amides is 1. The second-order valence-corrected chi connectivity index (χ2v) is 8.85. The van der Waals surface area contributed by atoms with Crippen molar-refractivity contribution in [3.05, 3.63) is 24.3 Å². The summed E-state index contributed by atoms with van der Waals surface area (Å²) in [5.74, 6) is -0.384. The van der Waals surface area contributed by atoms with E-state index in [1.807, 2.05) is 6.92 Å². The molecule has 0 fully saturated rings. The van der Waals surface area contributed by atoms with Crippen LogP contribution in [0.4, 0.5) is 0 Å². The maximum atomic E-state index is 11.5. The number of hydrogen-bond donors (Lipinski definition) is 2. The number of sulfone groups is 1. The Bertz CT molecular complexity index is 599. The number of nitrogens with two attached hydrogens (primary N) is 1. The van der Waals surface area contributed by atoms with E-state index < -0.39 is 15.4 Å². The van der Waals surface area contributed by atoms with E-state index in [1.165, 1.54) is 6.26 Å². The lowest BCUT2D eigenvalue weighted by Crippen LogP contribution is -2.52. The van der Waals surface area contributed by atoms with Crippen LogP contribution >= 0.6 is 11.8 Å². The highest BCUT2D eigenvalue weighted by Gasteiger charge is 2.31. The van der Waals surface area contributed by atoms with Gasteiger partial charge in [-0.05, 0) is 44.7 Å². The maximum absolute atomic E-state index is 11.5. The summed E-state index contributed by atoms with van der Waals surface area (Å²) >= 11 is 1.58. The summed E-state index contributed by atoms with van der Waals surface area (Å²) in [6.45, 7) is 3.78. The van der Waals surface area contributed by atoms with Gasteiger partial charge in [-0.1, -0.05) is 6.92 Å². The Kier molecular flexibility index (Phi) is 5.83. The lowest BCUT2D eigenvalue weighted by Gasteiger charge is -2.28. The van der Waals surface area contributed by atoms with E-state index >= 15 is 0 Å². The zero-order valence-electron chi connectivity index (χ0n) is 12.7. The van der Waals surface area contributed by atoms with Crippen LogP contribution in [0.5, 0.6) is 0 Å². The first-order valence-corrected chi connectivity index (χ1v) is 9.31. The van der Waals surface area contributed by atoms with Gasteiger partial charge in [0, 0.05) is 16.4 Å². The lowest BCUT2D eigenvalue weighted by molar-refractivity contribution is -0.123. The molecular formula is C14H22N2O3S2. The Labute approximate surface area is 130 Å². The quantitative estimate of drug-likeness (QED) is 0.738. The van der Waals surface area contributed by atoms with Gasteiger partial charge in [0.2, 0.25) is 5.91 Å². The number of carbonyl (C=O) groups is 1. The molecule has 1 aromatic carbocycles. The van der Waals surface area contributed by atoms with Crippen molar-refractivity contribution in [2.75, 3.05) is 13.3 Å². The molecule has 0 aromatic heterocycles. The van der Waals surface area contributed by atoms with Crippen LogP contribution < -0.4 is 11.1 Å². The van der Waals surface area contributed by atoms with E-state index in [2.05, 4.69) is 5.32 Å². The topological polar surface area (TPSA) is 89.3 Å². The average molecular weight is 330 g/mol. The highest BCUT2D eigenvalue weighted by atomic mass is 32.2. The Morgan fingerprint density at radius 1 is 1.38 bits per heavy atom. The molecule has 7 heteroatoms. The monoisotopic (exact) mass is 330 g/mol. The average Bonchev–Trinajstić information content (AvgIpc) is 2.37. The number of rotatable bonds is 7. The van der Waals surface area contributed by atoms with Crippen molar-refractivity contribution in [1.82, 2.24) is 5.32 Å². The van der Waals surface area contributed by atoms with Gasteiger partial charge in [0.25, 0.3) is 0 Å². The number of amides is 1. The third-order valence-corrected chi connectivity index (χ3v) is 5.62. The summed E-state index contributed by atoms with van der Waals surface area (Å²) in [6.07, 6.45) is 1.76. The molecule has 0 saturated heterocycles. The smallest absolute Gasteiger partial charge is 0.237 e. The van der Waals surface area contributed by atoms with Gasteiger partial charge in [-0.15, -0.1) is 11.8 Å². The van der Waals surface area contributed by atoms with Crippen LogP contribution in [-0.2, 0) is 14.6 Å². The molecule has 1 amide bonds.